The molecular weight excluding hydrogens is 334 g/mol. The summed E-state index contributed by atoms with van der Waals surface area (Å²) in [6.07, 6.45) is -1.22. The van der Waals surface area contributed by atoms with Gasteiger partial charge in [-0.25, -0.2) is 8.78 Å². The Morgan fingerprint density at radius 3 is 2.47 bits per heavy atom. The lowest BCUT2D eigenvalue weighted by molar-refractivity contribution is 0.214. The summed E-state index contributed by atoms with van der Waals surface area (Å²) in [5, 5.41) is 13.1. The van der Waals surface area contributed by atoms with E-state index in [2.05, 4.69) is 15.9 Å². The smallest absolute Gasteiger partial charge is 0.142 e. The topological polar surface area (TPSA) is 20.2 Å². The van der Waals surface area contributed by atoms with E-state index in [-0.39, 0.29) is 10.6 Å². The molecule has 0 aliphatic rings. The van der Waals surface area contributed by atoms with Crippen molar-refractivity contribution in [3.05, 3.63) is 55.1 Å². The molecule has 6 heteroatoms. The molecule has 1 atom stereocenters. The third-order valence-corrected chi connectivity index (χ3v) is 4.31. The van der Waals surface area contributed by atoms with Crippen LogP contribution in [-0.2, 0) is 0 Å². The molecule has 0 fully saturated rings. The zero-order valence-electron chi connectivity index (χ0n) is 8.25. The van der Waals surface area contributed by atoms with Gasteiger partial charge in [0.15, 0.2) is 0 Å². The third-order valence-electron chi connectivity index (χ3n) is 2.27. The molecule has 0 amide bonds. The van der Waals surface area contributed by atoms with E-state index in [1.165, 1.54) is 11.3 Å². The van der Waals surface area contributed by atoms with Gasteiger partial charge in [-0.1, -0.05) is 11.6 Å². The van der Waals surface area contributed by atoms with Crippen LogP contribution in [0.1, 0.15) is 17.2 Å². The van der Waals surface area contributed by atoms with Crippen LogP contribution in [0.2, 0.25) is 5.02 Å². The van der Waals surface area contributed by atoms with Gasteiger partial charge in [0.05, 0.1) is 5.02 Å². The highest BCUT2D eigenvalue weighted by Crippen LogP contribution is 2.33. The van der Waals surface area contributed by atoms with Gasteiger partial charge in [-0.05, 0) is 33.4 Å². The number of hydrogen-bond acceptors (Lipinski definition) is 2. The first kappa shape index (κ1) is 13.0. The van der Waals surface area contributed by atoms with Crippen LogP contribution in [0.25, 0.3) is 0 Å². The first-order valence-corrected chi connectivity index (χ1v) is 6.66. The normalized spacial score (nSPS) is 12.8. The van der Waals surface area contributed by atoms with E-state index in [4.69, 9.17) is 11.6 Å². The van der Waals surface area contributed by atoms with E-state index in [1.807, 2.05) is 0 Å². The molecule has 2 rings (SSSR count). The molecule has 0 spiro atoms. The molecule has 1 heterocycles. The Labute approximate surface area is 114 Å². The van der Waals surface area contributed by atoms with Crippen LogP contribution in [0, 0.1) is 11.6 Å². The lowest BCUT2D eigenvalue weighted by Gasteiger charge is -2.12. The zero-order valence-corrected chi connectivity index (χ0v) is 11.4. The lowest BCUT2D eigenvalue weighted by Crippen LogP contribution is -2.03. The van der Waals surface area contributed by atoms with Crippen LogP contribution in [0.5, 0.6) is 0 Å². The number of aliphatic hydroxyl groups is 1. The Morgan fingerprint density at radius 1 is 1.18 bits per heavy atom. The largest absolute Gasteiger partial charge is 0.383 e. The van der Waals surface area contributed by atoms with Crippen molar-refractivity contribution >= 4 is 38.9 Å². The summed E-state index contributed by atoms with van der Waals surface area (Å²) in [4.78, 5) is 0. The van der Waals surface area contributed by atoms with Crippen molar-refractivity contribution in [2.24, 2.45) is 0 Å². The van der Waals surface area contributed by atoms with Gasteiger partial charge in [-0.3, -0.25) is 0 Å². The molecule has 0 saturated heterocycles. The number of rotatable bonds is 2. The maximum Gasteiger partial charge on any atom is 0.142 e. The van der Waals surface area contributed by atoms with Gasteiger partial charge in [0.1, 0.15) is 17.7 Å². The Balaban J connectivity index is 2.48. The fourth-order valence-electron chi connectivity index (χ4n) is 1.40. The average Bonchev–Trinajstić information content (AvgIpc) is 2.69. The van der Waals surface area contributed by atoms with Crippen molar-refractivity contribution in [2.45, 2.75) is 6.10 Å². The number of aliphatic hydroxyl groups excluding tert-OH is 1. The fourth-order valence-corrected chi connectivity index (χ4v) is 3.08. The highest BCUT2D eigenvalue weighted by molar-refractivity contribution is 9.10. The SMILES string of the molecule is OC(c1cc(F)c(Cl)cc1F)c1cscc1Br. The maximum absolute atomic E-state index is 13.6. The molecule has 1 unspecified atom stereocenters. The first-order chi connectivity index (χ1) is 8.00. The minimum absolute atomic E-state index is 0.133. The summed E-state index contributed by atoms with van der Waals surface area (Å²) in [6.45, 7) is 0. The van der Waals surface area contributed by atoms with Gasteiger partial charge in [-0.2, -0.15) is 11.3 Å². The van der Waals surface area contributed by atoms with Gasteiger partial charge in [0.2, 0.25) is 0 Å². The quantitative estimate of drug-likeness (QED) is 0.797. The molecule has 17 heavy (non-hydrogen) atoms. The molecule has 2 aromatic rings. The Morgan fingerprint density at radius 2 is 1.88 bits per heavy atom. The van der Waals surface area contributed by atoms with Crippen LogP contribution < -0.4 is 0 Å². The molecule has 0 aliphatic heterocycles. The van der Waals surface area contributed by atoms with Crippen LogP contribution in [0.4, 0.5) is 8.78 Å². The molecule has 0 saturated carbocycles. The molecule has 0 bridgehead atoms. The summed E-state index contributed by atoms with van der Waals surface area (Å²) >= 11 is 10.0. The van der Waals surface area contributed by atoms with Gasteiger partial charge >= 0.3 is 0 Å². The minimum atomic E-state index is -1.22. The Hall–Kier alpha value is -0.490. The van der Waals surface area contributed by atoms with E-state index >= 15 is 0 Å². The van der Waals surface area contributed by atoms with Gasteiger partial charge in [0, 0.05) is 21.0 Å². The molecule has 0 radical (unpaired) electrons. The summed E-state index contributed by atoms with van der Waals surface area (Å²) < 4.78 is 27.5. The Kier molecular flexibility index (Phi) is 3.82. The van der Waals surface area contributed by atoms with E-state index in [9.17, 15) is 13.9 Å². The van der Waals surface area contributed by atoms with Crippen molar-refractivity contribution in [3.63, 3.8) is 0 Å². The second-order valence-electron chi connectivity index (χ2n) is 3.37. The van der Waals surface area contributed by atoms with Gasteiger partial charge < -0.3 is 5.11 Å². The summed E-state index contributed by atoms with van der Waals surface area (Å²) in [7, 11) is 0. The van der Waals surface area contributed by atoms with Crippen molar-refractivity contribution in [3.8, 4) is 0 Å². The molecule has 0 aliphatic carbocycles. The Bertz CT molecular complexity index is 558. The standard InChI is InChI=1S/C11H6BrClF2OS/c12-7-4-17-3-6(7)11(16)5-1-10(15)8(13)2-9(5)14/h1-4,11,16H. The van der Waals surface area contributed by atoms with Gasteiger partial charge in [-0.15, -0.1) is 0 Å². The highest BCUT2D eigenvalue weighted by Gasteiger charge is 2.20. The van der Waals surface area contributed by atoms with Crippen molar-refractivity contribution < 1.29 is 13.9 Å². The van der Waals surface area contributed by atoms with Crippen molar-refractivity contribution in [1.82, 2.24) is 0 Å². The second-order valence-corrected chi connectivity index (χ2v) is 5.37. The zero-order chi connectivity index (χ0) is 12.6. The minimum Gasteiger partial charge on any atom is -0.383 e. The molecule has 1 nitrogen and oxygen atoms in total. The molecule has 1 aromatic heterocycles. The molecular formula is C11H6BrClF2OS. The fraction of sp³-hybridized carbons (Fsp3) is 0.0909. The monoisotopic (exact) mass is 338 g/mol. The highest BCUT2D eigenvalue weighted by atomic mass is 79.9. The van der Waals surface area contributed by atoms with E-state index < -0.39 is 17.7 Å². The molecule has 1 N–H and O–H groups in total. The van der Waals surface area contributed by atoms with Gasteiger partial charge in [0.25, 0.3) is 0 Å². The molecule has 1 aromatic carbocycles. The lowest BCUT2D eigenvalue weighted by atomic mass is 10.0. The number of hydrogen-bond donors (Lipinski definition) is 1. The number of benzene rings is 1. The predicted octanol–water partition coefficient (Wildman–Crippen LogP) is 4.52. The van der Waals surface area contributed by atoms with E-state index in [0.29, 0.717) is 10.0 Å². The van der Waals surface area contributed by atoms with Crippen LogP contribution >= 0.6 is 38.9 Å². The van der Waals surface area contributed by atoms with E-state index in [1.54, 1.807) is 10.8 Å². The maximum atomic E-state index is 13.6. The first-order valence-electron chi connectivity index (χ1n) is 4.54. The van der Waals surface area contributed by atoms with Crippen LogP contribution in [0.15, 0.2) is 27.4 Å². The predicted molar refractivity (Wildman–Crippen MR) is 67.4 cm³/mol. The van der Waals surface area contributed by atoms with Crippen LogP contribution in [-0.4, -0.2) is 5.11 Å². The summed E-state index contributed by atoms with van der Waals surface area (Å²) in [5.41, 5.74) is 0.363. The summed E-state index contributed by atoms with van der Waals surface area (Å²) in [5.74, 6) is -1.49. The second kappa shape index (κ2) is 5.02. The molecule has 90 valence electrons. The van der Waals surface area contributed by atoms with Crippen LogP contribution in [0.3, 0.4) is 0 Å². The summed E-state index contributed by atoms with van der Waals surface area (Å²) in [6, 6.07) is 1.77. The number of halogens is 4. The van der Waals surface area contributed by atoms with Crippen molar-refractivity contribution in [1.29, 1.82) is 0 Å². The third kappa shape index (κ3) is 2.52. The van der Waals surface area contributed by atoms with E-state index in [0.717, 1.165) is 12.1 Å². The number of thiophene rings is 1. The van der Waals surface area contributed by atoms with Crippen molar-refractivity contribution in [2.75, 3.05) is 0 Å². The average molecular weight is 340 g/mol.